The van der Waals surface area contributed by atoms with Gasteiger partial charge in [0.25, 0.3) is 0 Å². The van der Waals surface area contributed by atoms with Crippen LogP contribution < -0.4 is 14.5 Å². The molecular formula is C34H43N9O3. The number of hydrogen-bond acceptors (Lipinski definition) is 10. The lowest BCUT2D eigenvalue weighted by Gasteiger charge is -2.41. The van der Waals surface area contributed by atoms with Gasteiger partial charge in [-0.1, -0.05) is 12.6 Å². The number of benzene rings is 1. The van der Waals surface area contributed by atoms with E-state index in [1.165, 1.54) is 11.6 Å². The molecule has 0 radical (unpaired) electrons. The fourth-order valence-corrected chi connectivity index (χ4v) is 7.58. The molecule has 12 nitrogen and oxygen atoms in total. The van der Waals surface area contributed by atoms with Crippen LogP contribution in [0, 0.1) is 18.3 Å². The molecule has 0 saturated carbocycles. The third-order valence-corrected chi connectivity index (χ3v) is 10.1. The molecule has 46 heavy (non-hydrogen) atoms. The highest BCUT2D eigenvalue weighted by atomic mass is 16.5. The zero-order valence-corrected chi connectivity index (χ0v) is 26.9. The summed E-state index contributed by atoms with van der Waals surface area (Å²) >= 11 is 0. The molecule has 0 bridgehead atoms. The van der Waals surface area contributed by atoms with Crippen molar-refractivity contribution in [1.82, 2.24) is 29.5 Å². The molecule has 12 heteroatoms. The second-order valence-corrected chi connectivity index (χ2v) is 13.0. The second kappa shape index (κ2) is 12.9. The number of amides is 1. The summed E-state index contributed by atoms with van der Waals surface area (Å²) in [6, 6.07) is 7.06. The van der Waals surface area contributed by atoms with Gasteiger partial charge in [-0.15, -0.1) is 0 Å². The van der Waals surface area contributed by atoms with E-state index >= 15 is 0 Å². The summed E-state index contributed by atoms with van der Waals surface area (Å²) in [5.41, 5.74) is 5.39. The SMILES string of the molecule is C=CC(=O)N1CCN(c2nc(OC[C@@H]3CCCN3C)nc3c2CN(c2c(C)ccc4c2cnn4C2CCCCO2)C3)C[C@@H]1CC#N. The van der Waals surface area contributed by atoms with E-state index in [4.69, 9.17) is 24.5 Å². The lowest BCUT2D eigenvalue weighted by atomic mass is 10.1. The van der Waals surface area contributed by atoms with Gasteiger partial charge in [-0.2, -0.15) is 20.3 Å². The Hall–Kier alpha value is -4.21. The molecule has 0 aliphatic carbocycles. The standard InChI is InChI=1S/C34H43N9O3/c1-4-30(44)42-16-15-40(19-24(42)12-13-35)33-27-20-41(21-28(27)37-34(38-33)46-22-25-8-7-14-39(25)3)32-23(2)10-11-29-26(32)18-36-43(29)31-9-5-6-17-45-31/h4,10-11,18,24-25,31H,1,5-9,12,14-17,19-22H2,2-3H3/t24-,25-,31?/m0/s1. The third-order valence-electron chi connectivity index (χ3n) is 10.1. The van der Waals surface area contributed by atoms with Gasteiger partial charge in [0.05, 0.1) is 48.2 Å². The van der Waals surface area contributed by atoms with Crippen LogP contribution in [0.15, 0.2) is 31.0 Å². The van der Waals surface area contributed by atoms with Gasteiger partial charge in [0.1, 0.15) is 12.4 Å². The van der Waals surface area contributed by atoms with Crippen LogP contribution in [-0.2, 0) is 22.6 Å². The normalized spacial score (nSPS) is 23.5. The molecule has 242 valence electrons. The Balaban J connectivity index is 1.22. The van der Waals surface area contributed by atoms with Crippen molar-refractivity contribution >= 4 is 28.3 Å². The van der Waals surface area contributed by atoms with Crippen LogP contribution in [0.3, 0.4) is 0 Å². The molecule has 3 fully saturated rings. The van der Waals surface area contributed by atoms with E-state index in [-0.39, 0.29) is 24.6 Å². The van der Waals surface area contributed by atoms with Crippen molar-refractivity contribution in [1.29, 1.82) is 5.26 Å². The maximum Gasteiger partial charge on any atom is 0.318 e. The van der Waals surface area contributed by atoms with Crippen LogP contribution in [0.4, 0.5) is 11.5 Å². The number of likely N-dealkylation sites (tertiary alicyclic amines) is 1. The molecule has 2 aromatic heterocycles. The van der Waals surface area contributed by atoms with Crippen LogP contribution in [-0.4, -0.2) is 94.0 Å². The van der Waals surface area contributed by atoms with E-state index in [0.717, 1.165) is 78.9 Å². The number of likely N-dealkylation sites (N-methyl/N-ethyl adjacent to an activating group) is 1. The Morgan fingerprint density at radius 3 is 2.78 bits per heavy atom. The van der Waals surface area contributed by atoms with Gasteiger partial charge in [0, 0.05) is 49.8 Å². The predicted octanol–water partition coefficient (Wildman–Crippen LogP) is 3.94. The Morgan fingerprint density at radius 1 is 1.13 bits per heavy atom. The Labute approximate surface area is 270 Å². The molecule has 4 aliphatic rings. The fourth-order valence-electron chi connectivity index (χ4n) is 7.58. The molecule has 3 saturated heterocycles. The first-order valence-corrected chi connectivity index (χ1v) is 16.6. The van der Waals surface area contributed by atoms with Crippen molar-refractivity contribution in [2.75, 3.05) is 56.2 Å². The number of aryl methyl sites for hydroxylation is 1. The molecule has 0 N–H and O–H groups in total. The van der Waals surface area contributed by atoms with Gasteiger partial charge in [-0.25, -0.2) is 4.68 Å². The monoisotopic (exact) mass is 625 g/mol. The first-order valence-electron chi connectivity index (χ1n) is 16.6. The molecular weight excluding hydrogens is 582 g/mol. The first kappa shape index (κ1) is 30.4. The summed E-state index contributed by atoms with van der Waals surface area (Å²) in [6.45, 7) is 11.0. The van der Waals surface area contributed by atoms with Gasteiger partial charge in [-0.3, -0.25) is 4.79 Å². The number of ether oxygens (including phenoxy) is 2. The molecule has 3 atom stereocenters. The average Bonchev–Trinajstić information content (AvgIpc) is 3.81. The number of rotatable bonds is 8. The van der Waals surface area contributed by atoms with Crippen molar-refractivity contribution in [3.8, 4) is 12.1 Å². The minimum Gasteiger partial charge on any atom is -0.462 e. The van der Waals surface area contributed by atoms with Crippen molar-refractivity contribution in [3.63, 3.8) is 0 Å². The molecule has 7 rings (SSSR count). The minimum absolute atomic E-state index is 0.0401. The quantitative estimate of drug-likeness (QED) is 0.341. The molecule has 6 heterocycles. The van der Waals surface area contributed by atoms with E-state index in [9.17, 15) is 10.1 Å². The molecule has 4 aliphatic heterocycles. The number of hydrogen-bond donors (Lipinski definition) is 0. The van der Waals surface area contributed by atoms with Gasteiger partial charge >= 0.3 is 6.01 Å². The number of aromatic nitrogens is 4. The average molecular weight is 626 g/mol. The first-order chi connectivity index (χ1) is 22.4. The second-order valence-electron chi connectivity index (χ2n) is 13.0. The molecule has 1 unspecified atom stereocenters. The van der Waals surface area contributed by atoms with Crippen LogP contribution in [0.5, 0.6) is 6.01 Å². The Morgan fingerprint density at radius 2 is 2.02 bits per heavy atom. The molecule has 0 spiro atoms. The van der Waals surface area contributed by atoms with Crippen LogP contribution in [0.25, 0.3) is 10.9 Å². The number of nitrogens with zero attached hydrogens (tertiary/aromatic N) is 9. The Kier molecular flexibility index (Phi) is 8.53. The van der Waals surface area contributed by atoms with Crippen molar-refractivity contribution < 1.29 is 14.3 Å². The van der Waals surface area contributed by atoms with Gasteiger partial charge in [-0.05, 0) is 70.3 Å². The third kappa shape index (κ3) is 5.67. The van der Waals surface area contributed by atoms with Crippen LogP contribution in [0.1, 0.15) is 61.6 Å². The summed E-state index contributed by atoms with van der Waals surface area (Å²) in [4.78, 5) is 31.3. The highest BCUT2D eigenvalue weighted by molar-refractivity contribution is 5.94. The lowest BCUT2D eigenvalue weighted by molar-refractivity contribution is -0.128. The predicted molar refractivity (Wildman–Crippen MR) is 175 cm³/mol. The smallest absolute Gasteiger partial charge is 0.318 e. The number of fused-ring (bicyclic) bond motifs is 2. The number of nitriles is 1. The fraction of sp³-hybridized carbons (Fsp3) is 0.559. The number of piperazine rings is 1. The van der Waals surface area contributed by atoms with E-state index in [1.807, 2.05) is 10.9 Å². The zero-order chi connectivity index (χ0) is 31.8. The van der Waals surface area contributed by atoms with E-state index in [0.29, 0.717) is 51.4 Å². The zero-order valence-electron chi connectivity index (χ0n) is 26.9. The molecule has 1 aromatic carbocycles. The molecule has 1 amide bonds. The number of anilines is 2. The number of carbonyl (C=O) groups excluding carboxylic acids is 1. The molecule has 3 aromatic rings. The summed E-state index contributed by atoms with van der Waals surface area (Å²) in [5.74, 6) is 0.679. The minimum atomic E-state index is -0.257. The Bertz CT molecular complexity index is 1660. The van der Waals surface area contributed by atoms with Crippen molar-refractivity contribution in [2.45, 2.75) is 76.8 Å². The van der Waals surface area contributed by atoms with Crippen molar-refractivity contribution in [3.05, 3.63) is 47.8 Å². The highest BCUT2D eigenvalue weighted by Crippen LogP contribution is 2.40. The van der Waals surface area contributed by atoms with Crippen molar-refractivity contribution in [2.24, 2.45) is 0 Å². The largest absolute Gasteiger partial charge is 0.462 e. The lowest BCUT2D eigenvalue weighted by Crippen LogP contribution is -2.55. The highest BCUT2D eigenvalue weighted by Gasteiger charge is 2.35. The summed E-state index contributed by atoms with van der Waals surface area (Å²) < 4.78 is 14.4. The van der Waals surface area contributed by atoms with Gasteiger partial charge < -0.3 is 29.1 Å². The van der Waals surface area contributed by atoms with E-state index in [1.54, 1.807) is 4.90 Å². The van der Waals surface area contributed by atoms with Gasteiger partial charge in [0.15, 0.2) is 6.23 Å². The van der Waals surface area contributed by atoms with Crippen LogP contribution >= 0.6 is 0 Å². The van der Waals surface area contributed by atoms with E-state index in [2.05, 4.69) is 53.5 Å². The summed E-state index contributed by atoms with van der Waals surface area (Å²) in [5, 5.41) is 15.5. The summed E-state index contributed by atoms with van der Waals surface area (Å²) in [7, 11) is 2.14. The van der Waals surface area contributed by atoms with Crippen LogP contribution in [0.2, 0.25) is 0 Å². The topological polar surface area (TPSA) is 116 Å². The maximum atomic E-state index is 12.6. The maximum absolute atomic E-state index is 12.6. The van der Waals surface area contributed by atoms with Gasteiger partial charge in [0.2, 0.25) is 5.91 Å². The summed E-state index contributed by atoms with van der Waals surface area (Å²) in [6.07, 6.45) is 8.96. The van der Waals surface area contributed by atoms with E-state index < -0.39 is 0 Å². The number of carbonyl (C=O) groups is 1.